The molecule has 71 heavy (non-hydrogen) atoms. The van der Waals surface area contributed by atoms with Gasteiger partial charge >= 0.3 is 5.97 Å². The third kappa shape index (κ3) is 57.7. The summed E-state index contributed by atoms with van der Waals surface area (Å²) in [5.74, 6) is -0.0438. The standard InChI is InChI=1S/C65H127NO5/c1-3-5-7-9-11-13-15-16-17-28-32-35-39-43-47-51-55-59-65(70)71-60-56-52-48-44-40-36-33-30-27-25-23-21-19-18-20-22-24-26-29-31-34-38-42-46-50-54-58-64(69)66-62(61-67)63(68)57-53-49-45-41-37-14-12-10-8-6-4-2/h53,57,62-63,67-68H,3-52,54-56,58-61H2,1-2H3,(H,66,69)/b57-53+. The van der Waals surface area contributed by atoms with Crippen LogP contribution in [-0.4, -0.2) is 47.4 Å². The molecule has 0 aliphatic rings. The van der Waals surface area contributed by atoms with Gasteiger partial charge in [-0.05, 0) is 32.1 Å². The van der Waals surface area contributed by atoms with Crippen molar-refractivity contribution in [2.45, 2.75) is 379 Å². The van der Waals surface area contributed by atoms with Gasteiger partial charge in [0.15, 0.2) is 0 Å². The number of hydrogen-bond acceptors (Lipinski definition) is 5. The number of amides is 1. The lowest BCUT2D eigenvalue weighted by molar-refractivity contribution is -0.143. The highest BCUT2D eigenvalue weighted by Gasteiger charge is 2.18. The fraction of sp³-hybridized carbons (Fsp3) is 0.938. The van der Waals surface area contributed by atoms with Crippen LogP contribution in [0.4, 0.5) is 0 Å². The van der Waals surface area contributed by atoms with Gasteiger partial charge in [-0.2, -0.15) is 0 Å². The second-order valence-electron chi connectivity index (χ2n) is 22.5. The smallest absolute Gasteiger partial charge is 0.305 e. The Morgan fingerprint density at radius 2 is 0.648 bits per heavy atom. The van der Waals surface area contributed by atoms with E-state index >= 15 is 0 Å². The van der Waals surface area contributed by atoms with Crippen LogP contribution in [0.1, 0.15) is 367 Å². The van der Waals surface area contributed by atoms with Gasteiger partial charge in [-0.3, -0.25) is 9.59 Å². The number of aliphatic hydroxyl groups excluding tert-OH is 2. The summed E-state index contributed by atoms with van der Waals surface area (Å²) < 4.78 is 5.50. The molecule has 0 heterocycles. The first-order valence-corrected chi connectivity index (χ1v) is 32.5. The summed E-state index contributed by atoms with van der Waals surface area (Å²) in [7, 11) is 0. The molecule has 1 amide bonds. The number of nitrogens with one attached hydrogen (secondary N) is 1. The average Bonchev–Trinajstić information content (AvgIpc) is 3.37. The minimum absolute atomic E-state index is 0.0214. The number of esters is 1. The normalized spacial score (nSPS) is 12.6. The molecule has 0 fully saturated rings. The fourth-order valence-corrected chi connectivity index (χ4v) is 10.3. The van der Waals surface area contributed by atoms with E-state index in [-0.39, 0.29) is 18.5 Å². The van der Waals surface area contributed by atoms with Crippen molar-refractivity contribution in [3.63, 3.8) is 0 Å². The van der Waals surface area contributed by atoms with E-state index in [4.69, 9.17) is 4.74 Å². The van der Waals surface area contributed by atoms with Crippen molar-refractivity contribution in [1.82, 2.24) is 5.32 Å². The zero-order valence-electron chi connectivity index (χ0n) is 48.2. The summed E-state index contributed by atoms with van der Waals surface area (Å²) in [6.45, 7) is 4.92. The van der Waals surface area contributed by atoms with Crippen molar-refractivity contribution in [2.75, 3.05) is 13.2 Å². The van der Waals surface area contributed by atoms with E-state index in [1.165, 1.54) is 302 Å². The summed E-state index contributed by atoms with van der Waals surface area (Å²) >= 11 is 0. The highest BCUT2D eigenvalue weighted by molar-refractivity contribution is 5.76. The summed E-state index contributed by atoms with van der Waals surface area (Å²) in [5, 5.41) is 23.0. The van der Waals surface area contributed by atoms with E-state index < -0.39 is 12.1 Å². The lowest BCUT2D eigenvalue weighted by atomic mass is 10.0. The zero-order chi connectivity index (χ0) is 51.4. The number of hydrogen-bond donors (Lipinski definition) is 3. The molecule has 0 rings (SSSR count). The number of carbonyl (C=O) groups excluding carboxylic acids is 2. The average molecular weight is 1000 g/mol. The Balaban J connectivity index is 3.32. The maximum absolute atomic E-state index is 12.4. The minimum atomic E-state index is -0.840. The van der Waals surface area contributed by atoms with Gasteiger partial charge < -0.3 is 20.3 Å². The molecule has 0 saturated heterocycles. The molecule has 0 aromatic carbocycles. The van der Waals surface area contributed by atoms with Crippen LogP contribution in [0.3, 0.4) is 0 Å². The van der Waals surface area contributed by atoms with Crippen LogP contribution >= 0.6 is 0 Å². The molecule has 2 unspecified atom stereocenters. The van der Waals surface area contributed by atoms with Gasteiger partial charge in [-0.15, -0.1) is 0 Å². The maximum Gasteiger partial charge on any atom is 0.305 e. The summed E-state index contributed by atoms with van der Waals surface area (Å²) in [4.78, 5) is 24.5. The molecule has 0 aliphatic heterocycles. The van der Waals surface area contributed by atoms with Gasteiger partial charge in [-0.1, -0.05) is 334 Å². The molecule has 0 saturated carbocycles. The number of ether oxygens (including phenoxy) is 1. The van der Waals surface area contributed by atoms with Gasteiger partial charge in [0.25, 0.3) is 0 Å². The lowest BCUT2D eigenvalue weighted by Crippen LogP contribution is -2.45. The van der Waals surface area contributed by atoms with Gasteiger partial charge in [0.2, 0.25) is 5.91 Å². The van der Waals surface area contributed by atoms with E-state index in [1.807, 2.05) is 6.08 Å². The van der Waals surface area contributed by atoms with Gasteiger partial charge in [0.1, 0.15) is 0 Å². The Labute approximate surface area is 444 Å². The van der Waals surface area contributed by atoms with Crippen LogP contribution in [0.5, 0.6) is 0 Å². The second kappa shape index (κ2) is 61.1. The van der Waals surface area contributed by atoms with E-state index in [0.29, 0.717) is 19.4 Å². The summed E-state index contributed by atoms with van der Waals surface area (Å²) in [6, 6.07) is -0.624. The molecule has 6 nitrogen and oxygen atoms in total. The van der Waals surface area contributed by atoms with Gasteiger partial charge in [-0.25, -0.2) is 0 Å². The number of aliphatic hydroxyl groups is 2. The SMILES string of the molecule is CCCCCCCCCCC/C=C/C(O)C(CO)NC(=O)CCCCCCCCCCCCCCCCCCCCCCCCCCCCOC(=O)CCCCCCCCCCCCCCCCCCC. The molecule has 0 radical (unpaired) electrons. The predicted molar refractivity (Wildman–Crippen MR) is 310 cm³/mol. The Kier molecular flexibility index (Phi) is 59.9. The largest absolute Gasteiger partial charge is 0.466 e. The molecular formula is C65H127NO5. The van der Waals surface area contributed by atoms with Crippen LogP contribution in [0.25, 0.3) is 0 Å². The second-order valence-corrected chi connectivity index (χ2v) is 22.5. The van der Waals surface area contributed by atoms with Crippen molar-refractivity contribution < 1.29 is 24.5 Å². The monoisotopic (exact) mass is 1000 g/mol. The molecule has 6 heteroatoms. The molecule has 0 spiro atoms. The number of unbranched alkanes of at least 4 members (excludes halogenated alkanes) is 50. The lowest BCUT2D eigenvalue weighted by Gasteiger charge is -2.20. The van der Waals surface area contributed by atoms with Crippen molar-refractivity contribution in [3.8, 4) is 0 Å². The quantitative estimate of drug-likeness (QED) is 0.0320. The van der Waals surface area contributed by atoms with Crippen LogP contribution in [-0.2, 0) is 14.3 Å². The molecule has 0 aliphatic carbocycles. The molecule has 422 valence electrons. The van der Waals surface area contributed by atoms with Gasteiger partial charge in [0, 0.05) is 12.8 Å². The van der Waals surface area contributed by atoms with E-state index in [1.54, 1.807) is 6.08 Å². The van der Waals surface area contributed by atoms with Crippen molar-refractivity contribution in [1.29, 1.82) is 0 Å². The maximum atomic E-state index is 12.4. The van der Waals surface area contributed by atoms with Crippen molar-refractivity contribution in [3.05, 3.63) is 12.2 Å². The van der Waals surface area contributed by atoms with Crippen LogP contribution in [0.15, 0.2) is 12.2 Å². The highest BCUT2D eigenvalue weighted by Crippen LogP contribution is 2.18. The first-order chi connectivity index (χ1) is 35.0. The third-order valence-electron chi connectivity index (χ3n) is 15.3. The third-order valence-corrected chi connectivity index (χ3v) is 15.3. The Morgan fingerprint density at radius 1 is 0.380 bits per heavy atom. The summed E-state index contributed by atoms with van der Waals surface area (Å²) in [5.41, 5.74) is 0. The molecule has 0 aromatic rings. The first-order valence-electron chi connectivity index (χ1n) is 32.5. The molecule has 3 N–H and O–H groups in total. The van der Waals surface area contributed by atoms with Crippen LogP contribution in [0, 0.1) is 0 Å². The first kappa shape index (κ1) is 69.6. The van der Waals surface area contributed by atoms with Gasteiger partial charge in [0.05, 0.1) is 25.4 Å². The number of allylic oxidation sites excluding steroid dienone is 1. The minimum Gasteiger partial charge on any atom is -0.466 e. The zero-order valence-corrected chi connectivity index (χ0v) is 48.2. The highest BCUT2D eigenvalue weighted by atomic mass is 16.5. The topological polar surface area (TPSA) is 95.9 Å². The Bertz CT molecular complexity index is 1060. The molecule has 2 atom stereocenters. The molecule has 0 aromatic heterocycles. The molecule has 0 bridgehead atoms. The number of rotatable bonds is 61. The van der Waals surface area contributed by atoms with Crippen molar-refractivity contribution in [2.24, 2.45) is 0 Å². The van der Waals surface area contributed by atoms with E-state index in [0.717, 1.165) is 38.5 Å². The fourth-order valence-electron chi connectivity index (χ4n) is 10.3. The predicted octanol–water partition coefficient (Wildman–Crippen LogP) is 20.4. The Hall–Kier alpha value is -1.40. The number of carbonyl (C=O) groups is 2. The Morgan fingerprint density at radius 3 is 0.958 bits per heavy atom. The van der Waals surface area contributed by atoms with Crippen molar-refractivity contribution >= 4 is 11.9 Å². The summed E-state index contributed by atoms with van der Waals surface area (Å²) in [6.07, 6.45) is 74.2. The van der Waals surface area contributed by atoms with E-state index in [9.17, 15) is 19.8 Å². The van der Waals surface area contributed by atoms with E-state index in [2.05, 4.69) is 19.2 Å². The van der Waals surface area contributed by atoms with Crippen LogP contribution in [0.2, 0.25) is 0 Å². The molecular weight excluding hydrogens is 875 g/mol. The van der Waals surface area contributed by atoms with Crippen LogP contribution < -0.4 is 5.32 Å².